The van der Waals surface area contributed by atoms with Crippen molar-refractivity contribution >= 4 is 28.3 Å². The highest BCUT2D eigenvalue weighted by atomic mass is 32.1. The molecular formula is C10H18N4OS. The average molecular weight is 242 g/mol. The largest absolute Gasteiger partial charge is 0.383 e. The molecule has 0 saturated carbocycles. The molecule has 5 nitrogen and oxygen atoms in total. The van der Waals surface area contributed by atoms with Crippen LogP contribution in [-0.2, 0) is 4.79 Å². The summed E-state index contributed by atoms with van der Waals surface area (Å²) in [7, 11) is 1.79. The number of hydrogen-bond donors (Lipinski definition) is 2. The summed E-state index contributed by atoms with van der Waals surface area (Å²) in [6, 6.07) is -0.261. The minimum atomic E-state index is -0.261. The van der Waals surface area contributed by atoms with Crippen LogP contribution in [0.25, 0.3) is 0 Å². The van der Waals surface area contributed by atoms with Gasteiger partial charge >= 0.3 is 0 Å². The normalized spacial score (nSPS) is 12.2. The second-order valence-electron chi connectivity index (χ2n) is 3.74. The van der Waals surface area contributed by atoms with Crippen molar-refractivity contribution in [3.05, 3.63) is 5.56 Å². The van der Waals surface area contributed by atoms with E-state index in [-0.39, 0.29) is 11.9 Å². The van der Waals surface area contributed by atoms with Crippen molar-refractivity contribution < 1.29 is 4.79 Å². The van der Waals surface area contributed by atoms with Crippen LogP contribution in [0, 0.1) is 6.92 Å². The molecule has 6 heteroatoms. The number of hydrogen-bond acceptors (Lipinski definition) is 5. The van der Waals surface area contributed by atoms with Crippen molar-refractivity contribution in [3.63, 3.8) is 0 Å². The summed E-state index contributed by atoms with van der Waals surface area (Å²) in [6.45, 7) is 6.38. The van der Waals surface area contributed by atoms with Gasteiger partial charge in [-0.05, 0) is 32.3 Å². The van der Waals surface area contributed by atoms with Crippen LogP contribution in [0.3, 0.4) is 0 Å². The molecule has 1 aromatic rings. The fourth-order valence-corrected chi connectivity index (χ4v) is 2.03. The highest BCUT2D eigenvalue weighted by Gasteiger charge is 2.18. The molecule has 1 heterocycles. The van der Waals surface area contributed by atoms with Gasteiger partial charge in [-0.3, -0.25) is 4.79 Å². The molecular weight excluding hydrogens is 224 g/mol. The molecule has 0 aliphatic carbocycles. The molecule has 1 aromatic heterocycles. The zero-order valence-electron chi connectivity index (χ0n) is 10.1. The molecule has 0 aliphatic rings. The number of nitrogens with zero attached hydrogens (tertiary/aromatic N) is 2. The van der Waals surface area contributed by atoms with Gasteiger partial charge in [-0.15, -0.1) is 0 Å². The smallest absolute Gasteiger partial charge is 0.244 e. The van der Waals surface area contributed by atoms with Crippen LogP contribution < -0.4 is 11.1 Å². The van der Waals surface area contributed by atoms with Crippen LogP contribution in [-0.4, -0.2) is 34.8 Å². The van der Waals surface area contributed by atoms with E-state index in [9.17, 15) is 4.79 Å². The molecule has 1 unspecified atom stereocenters. The SMILES string of the molecule is CCN(C)C(=O)C(C)Nc1snc(N)c1C. The Morgan fingerprint density at radius 1 is 1.69 bits per heavy atom. The zero-order valence-corrected chi connectivity index (χ0v) is 10.9. The summed E-state index contributed by atoms with van der Waals surface area (Å²) < 4.78 is 4.03. The Bertz CT molecular complexity index is 377. The van der Waals surface area contributed by atoms with Gasteiger partial charge in [0, 0.05) is 19.2 Å². The van der Waals surface area contributed by atoms with Crippen LogP contribution in [0.5, 0.6) is 0 Å². The highest BCUT2D eigenvalue weighted by molar-refractivity contribution is 7.10. The van der Waals surface area contributed by atoms with E-state index in [4.69, 9.17) is 5.73 Å². The van der Waals surface area contributed by atoms with Crippen molar-refractivity contribution in [2.24, 2.45) is 0 Å². The minimum absolute atomic E-state index is 0.0638. The van der Waals surface area contributed by atoms with Gasteiger partial charge in [0.25, 0.3) is 0 Å². The lowest BCUT2D eigenvalue weighted by Gasteiger charge is -2.20. The van der Waals surface area contributed by atoms with Crippen molar-refractivity contribution in [2.45, 2.75) is 26.8 Å². The number of rotatable bonds is 4. The van der Waals surface area contributed by atoms with E-state index in [0.29, 0.717) is 12.4 Å². The van der Waals surface area contributed by atoms with Gasteiger partial charge in [0.05, 0.1) is 0 Å². The number of aromatic nitrogens is 1. The van der Waals surface area contributed by atoms with E-state index in [1.807, 2.05) is 20.8 Å². The number of nitrogens with two attached hydrogens (primary N) is 1. The summed E-state index contributed by atoms with van der Waals surface area (Å²) in [5, 5.41) is 3.99. The number of carbonyl (C=O) groups is 1. The summed E-state index contributed by atoms with van der Waals surface area (Å²) >= 11 is 1.28. The van der Waals surface area contributed by atoms with E-state index in [1.54, 1.807) is 11.9 Å². The summed E-state index contributed by atoms with van der Waals surface area (Å²) in [5.74, 6) is 0.588. The third kappa shape index (κ3) is 2.63. The maximum Gasteiger partial charge on any atom is 0.244 e. The first-order valence-corrected chi connectivity index (χ1v) is 5.98. The lowest BCUT2D eigenvalue weighted by molar-refractivity contribution is -0.130. The summed E-state index contributed by atoms with van der Waals surface area (Å²) in [6.07, 6.45) is 0. The van der Waals surface area contributed by atoms with E-state index < -0.39 is 0 Å². The Labute approximate surface area is 99.8 Å². The van der Waals surface area contributed by atoms with Crippen LogP contribution in [0.15, 0.2) is 0 Å². The second kappa shape index (κ2) is 5.16. The van der Waals surface area contributed by atoms with Crippen molar-refractivity contribution in [2.75, 3.05) is 24.6 Å². The molecule has 0 spiro atoms. The third-order valence-electron chi connectivity index (χ3n) is 2.53. The third-order valence-corrected chi connectivity index (χ3v) is 3.42. The summed E-state index contributed by atoms with van der Waals surface area (Å²) in [4.78, 5) is 13.5. The minimum Gasteiger partial charge on any atom is -0.383 e. The second-order valence-corrected chi connectivity index (χ2v) is 4.51. The predicted octanol–water partition coefficient (Wildman–Crippen LogP) is 1.31. The topological polar surface area (TPSA) is 71.2 Å². The molecule has 0 aromatic carbocycles. The Balaban J connectivity index is 2.68. The Kier molecular flexibility index (Phi) is 4.12. The average Bonchev–Trinajstić information content (AvgIpc) is 2.58. The Hall–Kier alpha value is -1.30. The maximum absolute atomic E-state index is 11.8. The fourth-order valence-electron chi connectivity index (χ4n) is 1.23. The fraction of sp³-hybridized carbons (Fsp3) is 0.600. The van der Waals surface area contributed by atoms with Gasteiger partial charge in [-0.25, -0.2) is 0 Å². The molecule has 90 valence electrons. The summed E-state index contributed by atoms with van der Waals surface area (Å²) in [5.41, 5.74) is 6.55. The molecule has 1 atom stereocenters. The van der Waals surface area contributed by atoms with E-state index >= 15 is 0 Å². The predicted molar refractivity (Wildman–Crippen MR) is 67.7 cm³/mol. The molecule has 0 fully saturated rings. The molecule has 0 saturated heterocycles. The van der Waals surface area contributed by atoms with E-state index in [1.165, 1.54) is 11.5 Å². The van der Waals surface area contributed by atoms with E-state index in [0.717, 1.165) is 10.6 Å². The van der Waals surface area contributed by atoms with Gasteiger partial charge in [0.2, 0.25) is 5.91 Å². The molecule has 16 heavy (non-hydrogen) atoms. The van der Waals surface area contributed by atoms with Gasteiger partial charge in [-0.1, -0.05) is 0 Å². The van der Waals surface area contributed by atoms with Crippen molar-refractivity contribution in [3.8, 4) is 0 Å². The number of carbonyl (C=O) groups excluding carboxylic acids is 1. The number of nitrogens with one attached hydrogen (secondary N) is 1. The molecule has 0 bridgehead atoms. The lowest BCUT2D eigenvalue weighted by atomic mass is 10.2. The number of anilines is 2. The van der Waals surface area contributed by atoms with E-state index in [2.05, 4.69) is 9.69 Å². The van der Waals surface area contributed by atoms with Crippen LogP contribution in [0.1, 0.15) is 19.4 Å². The van der Waals surface area contributed by atoms with Gasteiger partial charge in [0.1, 0.15) is 16.9 Å². The van der Waals surface area contributed by atoms with Crippen molar-refractivity contribution in [1.29, 1.82) is 0 Å². The van der Waals surface area contributed by atoms with Crippen LogP contribution in [0.2, 0.25) is 0 Å². The maximum atomic E-state index is 11.8. The number of nitrogen functional groups attached to an aromatic ring is 1. The Morgan fingerprint density at radius 2 is 2.31 bits per heavy atom. The first-order chi connectivity index (χ1) is 7.47. The zero-order chi connectivity index (χ0) is 12.3. The number of amides is 1. The molecule has 1 amide bonds. The molecule has 0 radical (unpaired) electrons. The van der Waals surface area contributed by atoms with Gasteiger partial charge in [-0.2, -0.15) is 4.37 Å². The monoisotopic (exact) mass is 242 g/mol. The first kappa shape index (κ1) is 12.8. The highest BCUT2D eigenvalue weighted by Crippen LogP contribution is 2.25. The van der Waals surface area contributed by atoms with Crippen LogP contribution in [0.4, 0.5) is 10.8 Å². The van der Waals surface area contributed by atoms with Gasteiger partial charge in [0.15, 0.2) is 0 Å². The first-order valence-electron chi connectivity index (χ1n) is 5.20. The van der Waals surface area contributed by atoms with Crippen molar-refractivity contribution in [1.82, 2.24) is 9.27 Å². The number of likely N-dealkylation sites (N-methyl/N-ethyl adjacent to an activating group) is 1. The quantitative estimate of drug-likeness (QED) is 0.835. The molecule has 0 aliphatic heterocycles. The molecule has 1 rings (SSSR count). The standard InChI is InChI=1S/C10H18N4OS/c1-5-14(4)10(15)7(3)12-9-6(2)8(11)13-16-9/h7,12H,5H2,1-4H3,(H2,11,13). The Morgan fingerprint density at radius 3 is 2.75 bits per heavy atom. The molecule has 3 N–H and O–H groups in total. The van der Waals surface area contributed by atoms with Gasteiger partial charge < -0.3 is 16.0 Å². The lowest BCUT2D eigenvalue weighted by Crippen LogP contribution is -2.38. The van der Waals surface area contributed by atoms with Crippen LogP contribution >= 0.6 is 11.5 Å².